The molecule has 21 heavy (non-hydrogen) atoms. The van der Waals surface area contributed by atoms with Crippen molar-refractivity contribution in [3.63, 3.8) is 0 Å². The Bertz CT molecular complexity index is 486. The number of nitrogens with zero attached hydrogens (tertiary/aromatic N) is 2. The van der Waals surface area contributed by atoms with Gasteiger partial charge in [0, 0.05) is 25.3 Å². The fraction of sp³-hybridized carbons (Fsp3) is 0.786. The van der Waals surface area contributed by atoms with E-state index in [1.54, 1.807) is 11.1 Å². The van der Waals surface area contributed by atoms with Gasteiger partial charge in [0.1, 0.15) is 0 Å². The van der Waals surface area contributed by atoms with Gasteiger partial charge in [0.05, 0.1) is 11.5 Å². The van der Waals surface area contributed by atoms with Crippen molar-refractivity contribution >= 4 is 15.9 Å². The van der Waals surface area contributed by atoms with Gasteiger partial charge in [0.2, 0.25) is 0 Å². The fourth-order valence-corrected chi connectivity index (χ4v) is 3.88. The first-order valence-corrected chi connectivity index (χ1v) is 9.15. The van der Waals surface area contributed by atoms with Gasteiger partial charge in [-0.2, -0.15) is 0 Å². The van der Waals surface area contributed by atoms with Gasteiger partial charge < -0.3 is 15.1 Å². The van der Waals surface area contributed by atoms with Crippen LogP contribution in [0.1, 0.15) is 26.7 Å². The molecule has 0 saturated carbocycles. The lowest BCUT2D eigenvalue weighted by atomic mass is 10.2. The number of urea groups is 1. The van der Waals surface area contributed by atoms with Crippen LogP contribution in [0.15, 0.2) is 11.8 Å². The molecule has 2 amide bonds. The molecule has 1 atom stereocenters. The van der Waals surface area contributed by atoms with Crippen LogP contribution >= 0.6 is 0 Å². The molecule has 1 aliphatic rings. The van der Waals surface area contributed by atoms with E-state index >= 15 is 0 Å². The highest BCUT2D eigenvalue weighted by atomic mass is 32.2. The molecule has 0 bridgehead atoms. The molecule has 1 fully saturated rings. The van der Waals surface area contributed by atoms with Gasteiger partial charge in [-0.25, -0.2) is 13.2 Å². The highest BCUT2D eigenvalue weighted by molar-refractivity contribution is 7.91. The van der Waals surface area contributed by atoms with E-state index in [1.165, 1.54) is 0 Å². The number of carbonyl (C=O) groups excluding carboxylic acids is 1. The van der Waals surface area contributed by atoms with E-state index in [1.807, 2.05) is 32.8 Å². The number of likely N-dealkylation sites (N-methyl/N-ethyl adjacent to an activating group) is 1. The fourth-order valence-electron chi connectivity index (χ4n) is 2.15. The number of rotatable bonds is 6. The van der Waals surface area contributed by atoms with Crippen LogP contribution in [-0.2, 0) is 9.84 Å². The first-order valence-electron chi connectivity index (χ1n) is 7.33. The molecule has 0 aromatic carbocycles. The zero-order valence-electron chi connectivity index (χ0n) is 13.4. The van der Waals surface area contributed by atoms with Crippen LogP contribution < -0.4 is 5.32 Å². The van der Waals surface area contributed by atoms with Crippen LogP contribution in [0, 0.1) is 0 Å². The summed E-state index contributed by atoms with van der Waals surface area (Å²) in [6.07, 6.45) is 3.10. The van der Waals surface area contributed by atoms with Crippen LogP contribution in [-0.4, -0.2) is 69.0 Å². The molecule has 0 aromatic heterocycles. The minimum atomic E-state index is -3.00. The number of sulfone groups is 1. The second-order valence-corrected chi connectivity index (χ2v) is 8.08. The Kier molecular flexibility index (Phi) is 6.67. The molecule has 7 heteroatoms. The summed E-state index contributed by atoms with van der Waals surface area (Å²) in [7, 11) is 0.867. The largest absolute Gasteiger partial charge is 0.321 e. The van der Waals surface area contributed by atoms with E-state index in [-0.39, 0.29) is 23.6 Å². The Hall–Kier alpha value is -1.08. The summed E-state index contributed by atoms with van der Waals surface area (Å²) in [6.45, 7) is 5.20. The van der Waals surface area contributed by atoms with Gasteiger partial charge in [-0.3, -0.25) is 0 Å². The van der Waals surface area contributed by atoms with Gasteiger partial charge in [-0.05, 0) is 33.9 Å². The number of hydrogen-bond donors (Lipinski definition) is 1. The molecule has 0 aromatic rings. The lowest BCUT2D eigenvalue weighted by Crippen LogP contribution is -2.48. The van der Waals surface area contributed by atoms with Crippen LogP contribution in [0.4, 0.5) is 4.79 Å². The summed E-state index contributed by atoms with van der Waals surface area (Å²) in [6, 6.07) is -0.433. The number of nitrogens with one attached hydrogen (secondary N) is 1. The zero-order valence-corrected chi connectivity index (χ0v) is 14.2. The van der Waals surface area contributed by atoms with Crippen LogP contribution in [0.25, 0.3) is 0 Å². The summed E-state index contributed by atoms with van der Waals surface area (Å²) >= 11 is 0. The Morgan fingerprint density at radius 2 is 2.00 bits per heavy atom. The quantitative estimate of drug-likeness (QED) is 0.795. The van der Waals surface area contributed by atoms with Gasteiger partial charge in [-0.15, -0.1) is 0 Å². The topological polar surface area (TPSA) is 69.7 Å². The average Bonchev–Trinajstić information content (AvgIpc) is 2.76. The third-order valence-corrected chi connectivity index (χ3v) is 5.45. The standard InChI is InChI=1S/C14H27N3O3S/c1-5-12(2)10-15-14(18)17(8-7-16(3)4)13-6-9-21(19,20)11-13/h10,13H,5-9,11H2,1-4H3,(H,15,18)/b12-10+. The molecule has 1 saturated heterocycles. The third kappa shape index (κ3) is 6.05. The number of carbonyl (C=O) groups is 1. The number of allylic oxidation sites excluding steroid dienone is 1. The maximum absolute atomic E-state index is 12.3. The minimum Gasteiger partial charge on any atom is -0.319 e. The van der Waals surface area contributed by atoms with Crippen LogP contribution in [0.5, 0.6) is 0 Å². The zero-order chi connectivity index (χ0) is 16.0. The molecule has 6 nitrogen and oxygen atoms in total. The predicted octanol–water partition coefficient (Wildman–Crippen LogP) is 1.06. The van der Waals surface area contributed by atoms with E-state index in [0.29, 0.717) is 19.5 Å². The van der Waals surface area contributed by atoms with Crippen molar-refractivity contribution in [1.82, 2.24) is 15.1 Å². The first-order chi connectivity index (χ1) is 9.75. The Balaban J connectivity index is 2.74. The summed E-state index contributed by atoms with van der Waals surface area (Å²) in [5.74, 6) is 0.248. The monoisotopic (exact) mass is 317 g/mol. The second-order valence-electron chi connectivity index (χ2n) is 5.85. The molecule has 1 unspecified atom stereocenters. The van der Waals surface area contributed by atoms with Crippen molar-refractivity contribution in [2.24, 2.45) is 0 Å². The van der Waals surface area contributed by atoms with Gasteiger partial charge >= 0.3 is 6.03 Å². The molecule has 0 spiro atoms. The average molecular weight is 317 g/mol. The van der Waals surface area contributed by atoms with Crippen molar-refractivity contribution < 1.29 is 13.2 Å². The summed E-state index contributed by atoms with van der Waals surface area (Å²) in [4.78, 5) is 16.0. The first kappa shape index (κ1) is 18.0. The Morgan fingerprint density at radius 1 is 1.33 bits per heavy atom. The highest BCUT2D eigenvalue weighted by Crippen LogP contribution is 2.18. The van der Waals surface area contributed by atoms with Crippen LogP contribution in [0.2, 0.25) is 0 Å². The van der Waals surface area contributed by atoms with Crippen molar-refractivity contribution in [2.75, 3.05) is 38.7 Å². The van der Waals surface area contributed by atoms with Crippen LogP contribution in [0.3, 0.4) is 0 Å². The normalized spacial score (nSPS) is 21.6. The molecular weight excluding hydrogens is 290 g/mol. The number of hydrogen-bond acceptors (Lipinski definition) is 4. The van der Waals surface area contributed by atoms with Crippen molar-refractivity contribution in [3.8, 4) is 0 Å². The molecule has 0 aliphatic carbocycles. The predicted molar refractivity (Wildman–Crippen MR) is 84.9 cm³/mol. The smallest absolute Gasteiger partial charge is 0.319 e. The maximum atomic E-state index is 12.3. The van der Waals surface area contributed by atoms with Crippen molar-refractivity contribution in [1.29, 1.82) is 0 Å². The van der Waals surface area contributed by atoms with E-state index in [0.717, 1.165) is 12.0 Å². The highest BCUT2D eigenvalue weighted by Gasteiger charge is 2.34. The summed E-state index contributed by atoms with van der Waals surface area (Å²) in [5, 5.41) is 2.77. The molecule has 1 aliphatic heterocycles. The molecule has 1 rings (SSSR count). The molecular formula is C14H27N3O3S. The molecule has 1 heterocycles. The van der Waals surface area contributed by atoms with Gasteiger partial charge in [-0.1, -0.05) is 12.5 Å². The van der Waals surface area contributed by atoms with E-state index in [4.69, 9.17) is 0 Å². The van der Waals surface area contributed by atoms with Crippen molar-refractivity contribution in [2.45, 2.75) is 32.7 Å². The second kappa shape index (κ2) is 7.79. The van der Waals surface area contributed by atoms with E-state index in [2.05, 4.69) is 5.32 Å². The van der Waals surface area contributed by atoms with Gasteiger partial charge in [0.25, 0.3) is 0 Å². The third-order valence-electron chi connectivity index (χ3n) is 3.70. The lowest BCUT2D eigenvalue weighted by molar-refractivity contribution is 0.176. The van der Waals surface area contributed by atoms with Gasteiger partial charge in [0.15, 0.2) is 9.84 Å². The number of amides is 2. The minimum absolute atomic E-state index is 0.0737. The Labute approximate surface area is 128 Å². The molecule has 0 radical (unpaired) electrons. The van der Waals surface area contributed by atoms with Crippen molar-refractivity contribution in [3.05, 3.63) is 11.8 Å². The van der Waals surface area contributed by atoms with E-state index < -0.39 is 9.84 Å². The van der Waals surface area contributed by atoms with E-state index in [9.17, 15) is 13.2 Å². The maximum Gasteiger partial charge on any atom is 0.321 e. The summed E-state index contributed by atoms with van der Waals surface area (Å²) < 4.78 is 23.3. The SMILES string of the molecule is CC/C(C)=C/NC(=O)N(CCN(C)C)C1CCS(=O)(=O)C1. The lowest BCUT2D eigenvalue weighted by Gasteiger charge is -2.29. The molecule has 122 valence electrons. The molecule has 1 N–H and O–H groups in total. The Morgan fingerprint density at radius 3 is 2.48 bits per heavy atom. The summed E-state index contributed by atoms with van der Waals surface area (Å²) in [5.41, 5.74) is 1.08.